The summed E-state index contributed by atoms with van der Waals surface area (Å²) in [6, 6.07) is 1.90. The molecule has 0 amide bonds. The van der Waals surface area contributed by atoms with Gasteiger partial charge in [0.05, 0.1) is 0 Å². The highest BCUT2D eigenvalue weighted by molar-refractivity contribution is 7.09. The van der Waals surface area contributed by atoms with Crippen molar-refractivity contribution in [3.05, 3.63) is 16.1 Å². The lowest BCUT2D eigenvalue weighted by Gasteiger charge is -2.22. The Hall–Kier alpha value is -2.51. The topological polar surface area (TPSA) is 125 Å². The van der Waals surface area contributed by atoms with Crippen LogP contribution in [-0.2, 0) is 33.3 Å². The van der Waals surface area contributed by atoms with Crippen LogP contribution in [0.2, 0.25) is 0 Å². The summed E-state index contributed by atoms with van der Waals surface area (Å²) >= 11 is 1.15. The van der Waals surface area contributed by atoms with Crippen LogP contribution in [0, 0.1) is 11.3 Å². The Morgan fingerprint density at radius 2 is 1.84 bits per heavy atom. The van der Waals surface area contributed by atoms with Crippen molar-refractivity contribution in [2.24, 2.45) is 0 Å². The molecule has 0 spiro atoms. The number of nitrogens with zero attached hydrogens (tertiary/aromatic N) is 2. The standard InChI is InChI=1S/C15H16N2O7S/c1-7(18)21-5-11-12(22-8(2)19)13(23-9(3)20)14(24-11)15-17-10(4-16)6-25-15/h6,11-14H,5H2,1-3H3/t11-,12-,13-,14-/m1/s1. The predicted octanol–water partition coefficient (Wildman–Crippen LogP) is 0.881. The monoisotopic (exact) mass is 368 g/mol. The van der Waals surface area contributed by atoms with Crippen LogP contribution < -0.4 is 0 Å². The first-order valence-corrected chi connectivity index (χ1v) is 8.18. The van der Waals surface area contributed by atoms with Crippen molar-refractivity contribution in [1.82, 2.24) is 4.98 Å². The Labute approximate surface area is 147 Å². The third-order valence-electron chi connectivity index (χ3n) is 3.24. The number of rotatable bonds is 5. The van der Waals surface area contributed by atoms with E-state index < -0.39 is 42.3 Å². The van der Waals surface area contributed by atoms with E-state index in [-0.39, 0.29) is 12.3 Å². The molecule has 0 aromatic carbocycles. The van der Waals surface area contributed by atoms with Crippen LogP contribution in [0.5, 0.6) is 0 Å². The van der Waals surface area contributed by atoms with Crippen LogP contribution in [0.1, 0.15) is 37.6 Å². The third kappa shape index (κ3) is 4.74. The molecule has 9 nitrogen and oxygen atoms in total. The molecule has 0 saturated carbocycles. The van der Waals surface area contributed by atoms with Crippen molar-refractivity contribution in [3.63, 3.8) is 0 Å². The zero-order valence-electron chi connectivity index (χ0n) is 13.8. The molecular weight excluding hydrogens is 352 g/mol. The van der Waals surface area contributed by atoms with Gasteiger partial charge in [-0.3, -0.25) is 14.4 Å². The first-order valence-electron chi connectivity index (χ1n) is 7.30. The van der Waals surface area contributed by atoms with E-state index in [2.05, 4.69) is 4.98 Å². The molecule has 1 saturated heterocycles. The minimum atomic E-state index is -0.973. The molecule has 0 radical (unpaired) electrons. The van der Waals surface area contributed by atoms with Crippen molar-refractivity contribution in [1.29, 1.82) is 5.26 Å². The average Bonchev–Trinajstić information content (AvgIpc) is 3.10. The van der Waals surface area contributed by atoms with Gasteiger partial charge in [0.2, 0.25) is 0 Å². The van der Waals surface area contributed by atoms with E-state index in [0.717, 1.165) is 11.3 Å². The van der Waals surface area contributed by atoms with Crippen LogP contribution in [0.15, 0.2) is 5.38 Å². The highest BCUT2D eigenvalue weighted by atomic mass is 32.1. The van der Waals surface area contributed by atoms with Gasteiger partial charge in [-0.15, -0.1) is 11.3 Å². The Kier molecular flexibility index (Phi) is 6.06. The Morgan fingerprint density at radius 3 is 2.36 bits per heavy atom. The maximum absolute atomic E-state index is 11.5. The van der Waals surface area contributed by atoms with Crippen LogP contribution in [0.25, 0.3) is 0 Å². The molecule has 0 bridgehead atoms. The van der Waals surface area contributed by atoms with E-state index in [9.17, 15) is 14.4 Å². The van der Waals surface area contributed by atoms with E-state index >= 15 is 0 Å². The van der Waals surface area contributed by atoms with Crippen molar-refractivity contribution in [2.75, 3.05) is 6.61 Å². The van der Waals surface area contributed by atoms with Crippen molar-refractivity contribution in [2.45, 2.75) is 45.2 Å². The minimum Gasteiger partial charge on any atom is -0.463 e. The van der Waals surface area contributed by atoms with Gasteiger partial charge >= 0.3 is 17.9 Å². The molecule has 4 atom stereocenters. The molecule has 25 heavy (non-hydrogen) atoms. The smallest absolute Gasteiger partial charge is 0.303 e. The van der Waals surface area contributed by atoms with E-state index in [0.29, 0.717) is 5.01 Å². The van der Waals surface area contributed by atoms with Gasteiger partial charge in [0.1, 0.15) is 23.8 Å². The zero-order chi connectivity index (χ0) is 18.6. The summed E-state index contributed by atoms with van der Waals surface area (Å²) in [5.41, 5.74) is 0.192. The molecule has 1 aromatic rings. The lowest BCUT2D eigenvalue weighted by atomic mass is 10.1. The molecule has 1 fully saturated rings. The molecule has 0 aliphatic carbocycles. The lowest BCUT2D eigenvalue weighted by molar-refractivity contribution is -0.165. The summed E-state index contributed by atoms with van der Waals surface area (Å²) in [5, 5.41) is 10.8. The summed E-state index contributed by atoms with van der Waals surface area (Å²) < 4.78 is 21.2. The second kappa shape index (κ2) is 8.04. The fourth-order valence-corrected chi connectivity index (χ4v) is 3.20. The average molecular weight is 368 g/mol. The number of hydrogen-bond acceptors (Lipinski definition) is 10. The molecule has 1 aromatic heterocycles. The molecule has 1 aliphatic rings. The first-order chi connectivity index (χ1) is 11.8. The lowest BCUT2D eigenvalue weighted by Crippen LogP contribution is -2.40. The van der Waals surface area contributed by atoms with E-state index in [4.69, 9.17) is 24.2 Å². The number of esters is 3. The molecular formula is C15H16N2O7S. The van der Waals surface area contributed by atoms with Crippen LogP contribution >= 0.6 is 11.3 Å². The third-order valence-corrected chi connectivity index (χ3v) is 4.15. The molecule has 0 N–H and O–H groups in total. The molecule has 134 valence electrons. The number of thiazole rings is 1. The number of hydrogen-bond donors (Lipinski definition) is 0. The van der Waals surface area contributed by atoms with Gasteiger partial charge in [-0.1, -0.05) is 0 Å². The van der Waals surface area contributed by atoms with Crippen molar-refractivity contribution >= 4 is 29.2 Å². The van der Waals surface area contributed by atoms with Crippen molar-refractivity contribution < 1.29 is 33.3 Å². The number of aromatic nitrogens is 1. The number of ether oxygens (including phenoxy) is 4. The van der Waals surface area contributed by atoms with Gasteiger partial charge in [0, 0.05) is 26.2 Å². The van der Waals surface area contributed by atoms with Crippen LogP contribution in [0.3, 0.4) is 0 Å². The van der Waals surface area contributed by atoms with Gasteiger partial charge in [0.15, 0.2) is 24.0 Å². The molecule has 0 unspecified atom stereocenters. The molecule has 1 aliphatic heterocycles. The maximum atomic E-state index is 11.5. The highest BCUT2D eigenvalue weighted by Crippen LogP contribution is 2.38. The second-order valence-electron chi connectivity index (χ2n) is 5.23. The van der Waals surface area contributed by atoms with E-state index in [1.54, 1.807) is 0 Å². The van der Waals surface area contributed by atoms with Gasteiger partial charge in [-0.2, -0.15) is 5.26 Å². The predicted molar refractivity (Wildman–Crippen MR) is 82.2 cm³/mol. The van der Waals surface area contributed by atoms with E-state index in [1.807, 2.05) is 6.07 Å². The number of carbonyl (C=O) groups excluding carboxylic acids is 3. The van der Waals surface area contributed by atoms with Gasteiger partial charge < -0.3 is 18.9 Å². The Morgan fingerprint density at radius 1 is 1.20 bits per heavy atom. The maximum Gasteiger partial charge on any atom is 0.303 e. The Balaban J connectivity index is 2.32. The first kappa shape index (κ1) is 18.8. The quantitative estimate of drug-likeness (QED) is 0.550. The highest BCUT2D eigenvalue weighted by Gasteiger charge is 2.51. The molecule has 2 rings (SSSR count). The summed E-state index contributed by atoms with van der Waals surface area (Å²) in [5.74, 6) is -1.73. The van der Waals surface area contributed by atoms with Crippen molar-refractivity contribution in [3.8, 4) is 6.07 Å². The minimum absolute atomic E-state index is 0.183. The molecule has 10 heteroatoms. The largest absolute Gasteiger partial charge is 0.463 e. The second-order valence-corrected chi connectivity index (χ2v) is 6.12. The zero-order valence-corrected chi connectivity index (χ0v) is 14.6. The molecule has 2 heterocycles. The van der Waals surface area contributed by atoms with Crippen LogP contribution in [0.4, 0.5) is 0 Å². The fourth-order valence-electron chi connectivity index (χ4n) is 2.38. The fraction of sp³-hybridized carbons (Fsp3) is 0.533. The summed E-state index contributed by atoms with van der Waals surface area (Å²) in [6.07, 6.45) is -3.63. The number of carbonyl (C=O) groups is 3. The summed E-state index contributed by atoms with van der Waals surface area (Å²) in [4.78, 5) is 38.1. The SMILES string of the molecule is CC(=O)OC[C@H]1O[C@@H](c2nc(C#N)cs2)[C@H](OC(C)=O)[C@@H]1OC(C)=O. The Bertz CT molecular complexity index is 711. The van der Waals surface area contributed by atoms with Gasteiger partial charge in [-0.05, 0) is 0 Å². The normalized spacial score (nSPS) is 25.0. The summed E-state index contributed by atoms with van der Waals surface area (Å²) in [6.45, 7) is 3.47. The van der Waals surface area contributed by atoms with Crippen LogP contribution in [-0.4, -0.2) is 47.8 Å². The van der Waals surface area contributed by atoms with E-state index in [1.165, 1.54) is 26.2 Å². The number of nitriles is 1. The van der Waals surface area contributed by atoms with Gasteiger partial charge in [-0.25, -0.2) is 4.98 Å². The summed E-state index contributed by atoms with van der Waals surface area (Å²) in [7, 11) is 0. The van der Waals surface area contributed by atoms with Gasteiger partial charge in [0.25, 0.3) is 0 Å².